The molecule has 0 spiro atoms. The lowest BCUT2D eigenvalue weighted by Crippen LogP contribution is -2.57. The maximum Gasteiger partial charge on any atom is 0.255 e. The van der Waals surface area contributed by atoms with Crippen LogP contribution >= 0.6 is 0 Å². The summed E-state index contributed by atoms with van der Waals surface area (Å²) >= 11 is 0. The molecular formula is C33H41N5O3. The van der Waals surface area contributed by atoms with Crippen LogP contribution in [0.15, 0.2) is 66.7 Å². The number of ether oxygens (including phenoxy) is 1. The highest BCUT2D eigenvalue weighted by molar-refractivity contribution is 6.06. The van der Waals surface area contributed by atoms with Crippen molar-refractivity contribution in [2.45, 2.75) is 50.4 Å². The van der Waals surface area contributed by atoms with Gasteiger partial charge in [0.1, 0.15) is 0 Å². The molecule has 2 saturated heterocycles. The molecule has 2 heterocycles. The number of aliphatic hydroxyl groups is 1. The third kappa shape index (κ3) is 6.41. The molecule has 3 aromatic carbocycles. The Kier molecular flexibility index (Phi) is 7.99. The van der Waals surface area contributed by atoms with E-state index in [1.165, 1.54) is 5.56 Å². The van der Waals surface area contributed by atoms with Gasteiger partial charge in [-0.15, -0.1) is 0 Å². The Balaban J connectivity index is 1.13. The lowest BCUT2D eigenvalue weighted by molar-refractivity contribution is -0.146. The van der Waals surface area contributed by atoms with Crippen molar-refractivity contribution in [1.29, 1.82) is 0 Å². The fourth-order valence-electron chi connectivity index (χ4n) is 5.96. The number of amides is 1. The second-order valence-corrected chi connectivity index (χ2v) is 11.9. The van der Waals surface area contributed by atoms with E-state index in [1.54, 1.807) is 0 Å². The van der Waals surface area contributed by atoms with E-state index in [1.807, 2.05) is 60.7 Å². The zero-order valence-electron chi connectivity index (χ0n) is 23.8. The van der Waals surface area contributed by atoms with E-state index < -0.39 is 6.35 Å². The Hall–Kier alpha value is -3.43. The summed E-state index contributed by atoms with van der Waals surface area (Å²) in [6, 6.07) is 21.8. The molecule has 0 radical (unpaired) electrons. The molecule has 5 N–H and O–H groups in total. The molecule has 41 heavy (non-hydrogen) atoms. The number of nitrogens with two attached hydrogens (primary N) is 1. The van der Waals surface area contributed by atoms with Crippen molar-refractivity contribution in [3.05, 3.63) is 77.9 Å². The lowest BCUT2D eigenvalue weighted by Gasteiger charge is -2.45. The van der Waals surface area contributed by atoms with Crippen LogP contribution in [-0.4, -0.2) is 72.1 Å². The number of aliphatic hydroxyl groups excluding tert-OH is 1. The minimum absolute atomic E-state index is 0.0824. The van der Waals surface area contributed by atoms with E-state index in [2.05, 4.69) is 33.4 Å². The molecule has 6 rings (SSSR count). The van der Waals surface area contributed by atoms with Gasteiger partial charge in [0, 0.05) is 43.0 Å². The van der Waals surface area contributed by atoms with Gasteiger partial charge in [-0.05, 0) is 85.5 Å². The van der Waals surface area contributed by atoms with Gasteiger partial charge in [0.25, 0.3) is 5.91 Å². The minimum atomic E-state index is -0.550. The summed E-state index contributed by atoms with van der Waals surface area (Å²) in [4.78, 5) is 17.6. The van der Waals surface area contributed by atoms with Crippen molar-refractivity contribution < 1.29 is 14.6 Å². The SMILES string of the molecule is CC1(Nc2ccc(C(=O)Nc3cc(-c4ccccc4)ccc3N)cc2C2CC2)CCN(C(O)N2CCOCC2)CC1. The van der Waals surface area contributed by atoms with Crippen LogP contribution in [0.3, 0.4) is 0 Å². The first-order chi connectivity index (χ1) is 19.9. The molecule has 8 nitrogen and oxygen atoms in total. The number of morpholine rings is 1. The maximum atomic E-state index is 13.4. The van der Waals surface area contributed by atoms with Crippen LogP contribution in [0.2, 0.25) is 0 Å². The maximum absolute atomic E-state index is 13.4. The number of carbonyl (C=O) groups excluding carboxylic acids is 1. The fraction of sp³-hybridized carbons (Fsp3) is 0.424. The Morgan fingerprint density at radius 1 is 0.927 bits per heavy atom. The molecule has 216 valence electrons. The number of nitrogen functional groups attached to an aromatic ring is 1. The second-order valence-electron chi connectivity index (χ2n) is 11.9. The first-order valence-corrected chi connectivity index (χ1v) is 14.8. The smallest absolute Gasteiger partial charge is 0.255 e. The zero-order valence-corrected chi connectivity index (χ0v) is 23.8. The monoisotopic (exact) mass is 555 g/mol. The second kappa shape index (κ2) is 11.8. The number of hydrogen-bond donors (Lipinski definition) is 4. The summed E-state index contributed by atoms with van der Waals surface area (Å²) in [5.41, 5.74) is 12.3. The van der Waals surface area contributed by atoms with E-state index in [4.69, 9.17) is 10.5 Å². The Morgan fingerprint density at radius 3 is 2.34 bits per heavy atom. The highest BCUT2D eigenvalue weighted by Gasteiger charge is 2.36. The molecule has 0 aromatic heterocycles. The summed E-state index contributed by atoms with van der Waals surface area (Å²) in [6.45, 7) is 6.80. The average molecular weight is 556 g/mol. The predicted octanol–water partition coefficient (Wildman–Crippen LogP) is 4.94. The van der Waals surface area contributed by atoms with Crippen LogP contribution in [0.4, 0.5) is 17.1 Å². The molecular weight excluding hydrogens is 514 g/mol. The van der Waals surface area contributed by atoms with Crippen LogP contribution in [0.25, 0.3) is 11.1 Å². The molecule has 0 bridgehead atoms. The largest absolute Gasteiger partial charge is 0.397 e. The van der Waals surface area contributed by atoms with Crippen molar-refractivity contribution in [2.75, 3.05) is 55.8 Å². The van der Waals surface area contributed by atoms with Crippen molar-refractivity contribution in [3.8, 4) is 11.1 Å². The summed E-state index contributed by atoms with van der Waals surface area (Å²) in [5.74, 6) is 0.315. The van der Waals surface area contributed by atoms with E-state index in [-0.39, 0.29) is 11.4 Å². The van der Waals surface area contributed by atoms with Crippen molar-refractivity contribution in [2.24, 2.45) is 0 Å². The van der Waals surface area contributed by atoms with Gasteiger partial charge in [0.05, 0.1) is 24.6 Å². The molecule has 1 atom stereocenters. The molecule has 1 aliphatic carbocycles. The molecule has 3 aromatic rings. The van der Waals surface area contributed by atoms with Crippen LogP contribution in [0.5, 0.6) is 0 Å². The van der Waals surface area contributed by atoms with E-state index in [9.17, 15) is 9.90 Å². The molecule has 3 aliphatic rings. The summed E-state index contributed by atoms with van der Waals surface area (Å²) in [7, 11) is 0. The Labute approximate surface area is 242 Å². The number of hydrogen-bond acceptors (Lipinski definition) is 7. The molecule has 1 saturated carbocycles. The van der Waals surface area contributed by atoms with Crippen molar-refractivity contribution in [1.82, 2.24) is 9.80 Å². The highest BCUT2D eigenvalue weighted by Crippen LogP contribution is 2.45. The van der Waals surface area contributed by atoms with Gasteiger partial charge in [-0.25, -0.2) is 0 Å². The number of anilines is 3. The molecule has 8 heteroatoms. The highest BCUT2D eigenvalue weighted by atomic mass is 16.5. The normalized spacial score (nSPS) is 20.3. The summed E-state index contributed by atoms with van der Waals surface area (Å²) < 4.78 is 5.44. The molecule has 2 aliphatic heterocycles. The van der Waals surface area contributed by atoms with Gasteiger partial charge in [0.2, 0.25) is 0 Å². The van der Waals surface area contributed by atoms with Gasteiger partial charge >= 0.3 is 0 Å². The quantitative estimate of drug-likeness (QED) is 0.292. The molecule has 3 fully saturated rings. The van der Waals surface area contributed by atoms with Gasteiger partial charge in [0.15, 0.2) is 6.35 Å². The van der Waals surface area contributed by atoms with E-state index in [0.29, 0.717) is 36.1 Å². The van der Waals surface area contributed by atoms with Gasteiger partial charge in [-0.2, -0.15) is 0 Å². The van der Waals surface area contributed by atoms with E-state index in [0.717, 1.165) is 68.7 Å². The Morgan fingerprint density at radius 2 is 1.63 bits per heavy atom. The van der Waals surface area contributed by atoms with Crippen molar-refractivity contribution in [3.63, 3.8) is 0 Å². The lowest BCUT2D eigenvalue weighted by atomic mass is 9.88. The molecule has 1 unspecified atom stereocenters. The summed E-state index contributed by atoms with van der Waals surface area (Å²) in [6.07, 6.45) is 3.59. The number of piperidine rings is 1. The fourth-order valence-corrected chi connectivity index (χ4v) is 5.96. The number of rotatable bonds is 8. The first-order valence-electron chi connectivity index (χ1n) is 14.8. The standard InChI is InChI=1S/C33H41N5O3/c1-33(13-15-37(16-14-33)32(40)38-17-19-41-20-18-38)36-29-12-10-26(21-27(29)24-7-8-24)31(39)35-30-22-25(9-11-28(30)34)23-5-3-2-4-6-23/h2-6,9-12,21-22,24,32,36,40H,7-8,13-20,34H2,1H3,(H,35,39). The first kappa shape index (κ1) is 27.7. The van der Waals surface area contributed by atoms with E-state index >= 15 is 0 Å². The molecule has 1 amide bonds. The number of carbonyl (C=O) groups is 1. The summed E-state index contributed by atoms with van der Waals surface area (Å²) in [5, 5.41) is 17.8. The Bertz CT molecular complexity index is 1360. The van der Waals surface area contributed by atoms with Gasteiger partial charge in [-0.1, -0.05) is 36.4 Å². The van der Waals surface area contributed by atoms with Gasteiger partial charge < -0.3 is 26.2 Å². The van der Waals surface area contributed by atoms with Crippen LogP contribution < -0.4 is 16.4 Å². The van der Waals surface area contributed by atoms with Gasteiger partial charge in [-0.3, -0.25) is 14.6 Å². The third-order valence-corrected chi connectivity index (χ3v) is 8.78. The van der Waals surface area contributed by atoms with Crippen LogP contribution in [0, 0.1) is 0 Å². The number of benzene rings is 3. The topological polar surface area (TPSA) is 103 Å². The number of nitrogens with zero attached hydrogens (tertiary/aromatic N) is 2. The van der Waals surface area contributed by atoms with Crippen LogP contribution in [0.1, 0.15) is 54.4 Å². The van der Waals surface area contributed by atoms with Crippen molar-refractivity contribution >= 4 is 23.0 Å². The third-order valence-electron chi connectivity index (χ3n) is 8.78. The average Bonchev–Trinajstić information content (AvgIpc) is 3.85. The number of nitrogens with one attached hydrogen (secondary N) is 2. The minimum Gasteiger partial charge on any atom is -0.397 e. The predicted molar refractivity (Wildman–Crippen MR) is 164 cm³/mol. The van der Waals surface area contributed by atoms with Crippen LogP contribution in [-0.2, 0) is 4.74 Å². The zero-order chi connectivity index (χ0) is 28.4. The number of likely N-dealkylation sites (tertiary alicyclic amines) is 1.